The second-order valence-electron chi connectivity index (χ2n) is 6.49. The maximum atomic E-state index is 12.6. The molecule has 0 aromatic heterocycles. The molecule has 26 heavy (non-hydrogen) atoms. The molecule has 4 amide bonds. The molecular weight excluding hydrogens is 356 g/mol. The lowest BCUT2D eigenvalue weighted by molar-refractivity contribution is -0.132. The molecule has 1 saturated heterocycles. The van der Waals surface area contributed by atoms with Gasteiger partial charge in [-0.05, 0) is 24.6 Å². The molecule has 8 heteroatoms. The number of carbonyl (C=O) groups is 3. The molecular formula is C18H25ClN4O3. The SMILES string of the molecule is CCCCN(CC(=O)N1CC(=O)N(c2cccc(Cl)c2)C1)C(=O)N(C)C. The number of carbonyl (C=O) groups excluding carboxylic acids is 3. The molecule has 1 aromatic rings. The Morgan fingerprint density at radius 1 is 1.27 bits per heavy atom. The molecule has 0 radical (unpaired) electrons. The van der Waals surface area contributed by atoms with Gasteiger partial charge in [-0.1, -0.05) is 31.0 Å². The number of unbranched alkanes of at least 4 members (excludes halogenated alkanes) is 1. The lowest BCUT2D eigenvalue weighted by Crippen LogP contribution is -2.46. The summed E-state index contributed by atoms with van der Waals surface area (Å²) in [5.41, 5.74) is 0.657. The molecule has 1 aliphatic heterocycles. The van der Waals surface area contributed by atoms with Crippen LogP contribution in [0.3, 0.4) is 0 Å². The second kappa shape index (κ2) is 8.89. The standard InChI is InChI=1S/C18H25ClN4O3/c1-4-5-9-21(18(26)20(2)3)11-16(24)22-12-17(25)23(13-22)15-8-6-7-14(19)10-15/h6-8,10H,4-5,9,11-13H2,1-3H3. The van der Waals surface area contributed by atoms with Crippen LogP contribution < -0.4 is 4.90 Å². The van der Waals surface area contributed by atoms with Gasteiger partial charge >= 0.3 is 6.03 Å². The maximum Gasteiger partial charge on any atom is 0.319 e. The molecule has 7 nitrogen and oxygen atoms in total. The summed E-state index contributed by atoms with van der Waals surface area (Å²) in [6.45, 7) is 2.67. The predicted molar refractivity (Wildman–Crippen MR) is 101 cm³/mol. The molecule has 1 aromatic carbocycles. The van der Waals surface area contributed by atoms with E-state index in [9.17, 15) is 14.4 Å². The van der Waals surface area contributed by atoms with Gasteiger partial charge in [0.15, 0.2) is 0 Å². The van der Waals surface area contributed by atoms with Crippen LogP contribution in [0.1, 0.15) is 19.8 Å². The summed E-state index contributed by atoms with van der Waals surface area (Å²) in [6, 6.07) is 6.76. The zero-order valence-corrected chi connectivity index (χ0v) is 16.2. The average Bonchev–Trinajstić information content (AvgIpc) is 2.99. The largest absolute Gasteiger partial charge is 0.331 e. The van der Waals surface area contributed by atoms with Crippen LogP contribution in [-0.4, -0.2) is 72.9 Å². The smallest absolute Gasteiger partial charge is 0.319 e. The van der Waals surface area contributed by atoms with E-state index in [-0.39, 0.29) is 37.6 Å². The number of rotatable bonds is 6. The Balaban J connectivity index is 2.04. The summed E-state index contributed by atoms with van der Waals surface area (Å²) in [7, 11) is 3.32. The Bertz CT molecular complexity index is 680. The van der Waals surface area contributed by atoms with Crippen LogP contribution in [0.4, 0.5) is 10.5 Å². The highest BCUT2D eigenvalue weighted by Crippen LogP contribution is 2.23. The highest BCUT2D eigenvalue weighted by Gasteiger charge is 2.33. The highest BCUT2D eigenvalue weighted by molar-refractivity contribution is 6.31. The minimum absolute atomic E-state index is 0.00309. The molecule has 0 saturated carbocycles. The third-order valence-electron chi connectivity index (χ3n) is 4.17. The fraction of sp³-hybridized carbons (Fsp3) is 0.500. The molecule has 0 N–H and O–H groups in total. The van der Waals surface area contributed by atoms with E-state index in [0.717, 1.165) is 12.8 Å². The van der Waals surface area contributed by atoms with Crippen molar-refractivity contribution in [2.75, 3.05) is 45.3 Å². The lowest BCUT2D eigenvalue weighted by Gasteiger charge is -2.27. The number of nitrogens with zero attached hydrogens (tertiary/aromatic N) is 4. The van der Waals surface area contributed by atoms with Gasteiger partial charge in [0.2, 0.25) is 11.8 Å². The first-order valence-electron chi connectivity index (χ1n) is 8.63. The molecule has 1 aliphatic rings. The van der Waals surface area contributed by atoms with Gasteiger partial charge in [-0.25, -0.2) is 4.79 Å². The molecule has 1 fully saturated rings. The summed E-state index contributed by atoms with van der Waals surface area (Å²) in [6.07, 6.45) is 1.75. The number of amides is 4. The predicted octanol–water partition coefficient (Wildman–Crippen LogP) is 2.26. The first kappa shape index (κ1) is 20.0. The number of hydrogen-bond donors (Lipinski definition) is 0. The van der Waals surface area contributed by atoms with Crippen molar-refractivity contribution in [3.63, 3.8) is 0 Å². The van der Waals surface area contributed by atoms with E-state index < -0.39 is 0 Å². The normalized spacial score (nSPS) is 13.9. The van der Waals surface area contributed by atoms with Crippen LogP contribution in [0.5, 0.6) is 0 Å². The minimum atomic E-state index is -0.241. The van der Waals surface area contributed by atoms with Gasteiger partial charge in [0.05, 0.1) is 0 Å². The van der Waals surface area contributed by atoms with Crippen molar-refractivity contribution in [1.82, 2.24) is 14.7 Å². The van der Waals surface area contributed by atoms with Gasteiger partial charge in [0.25, 0.3) is 0 Å². The molecule has 0 unspecified atom stereocenters. The van der Waals surface area contributed by atoms with Gasteiger partial charge in [-0.15, -0.1) is 0 Å². The van der Waals surface area contributed by atoms with Crippen LogP contribution in [0.15, 0.2) is 24.3 Å². The lowest BCUT2D eigenvalue weighted by atomic mass is 10.3. The first-order valence-corrected chi connectivity index (χ1v) is 9.01. The minimum Gasteiger partial charge on any atom is -0.331 e. The first-order chi connectivity index (χ1) is 12.3. The van der Waals surface area contributed by atoms with Gasteiger partial charge in [-0.3, -0.25) is 14.5 Å². The summed E-state index contributed by atoms with van der Waals surface area (Å²) in [5.74, 6) is -0.408. The van der Waals surface area contributed by atoms with E-state index in [2.05, 4.69) is 0 Å². The molecule has 2 rings (SSSR count). The molecule has 0 spiro atoms. The summed E-state index contributed by atoms with van der Waals surface area (Å²) in [4.78, 5) is 43.2. The third kappa shape index (κ3) is 4.88. The molecule has 142 valence electrons. The van der Waals surface area contributed by atoms with Crippen molar-refractivity contribution in [1.29, 1.82) is 0 Å². The van der Waals surface area contributed by atoms with Crippen molar-refractivity contribution in [2.24, 2.45) is 0 Å². The second-order valence-corrected chi connectivity index (χ2v) is 6.92. The van der Waals surface area contributed by atoms with E-state index in [4.69, 9.17) is 11.6 Å². The summed E-state index contributed by atoms with van der Waals surface area (Å²) >= 11 is 5.98. The van der Waals surface area contributed by atoms with E-state index >= 15 is 0 Å². The molecule has 1 heterocycles. The highest BCUT2D eigenvalue weighted by atomic mass is 35.5. The third-order valence-corrected chi connectivity index (χ3v) is 4.41. The number of halogens is 1. The molecule has 0 bridgehead atoms. The number of hydrogen-bond acceptors (Lipinski definition) is 3. The average molecular weight is 381 g/mol. The molecule has 0 atom stereocenters. The maximum absolute atomic E-state index is 12.6. The molecule has 0 aliphatic carbocycles. The van der Waals surface area contributed by atoms with E-state index in [0.29, 0.717) is 17.3 Å². The Morgan fingerprint density at radius 2 is 2.00 bits per heavy atom. The fourth-order valence-electron chi connectivity index (χ4n) is 2.72. The van der Waals surface area contributed by atoms with Crippen LogP contribution in [0.2, 0.25) is 5.02 Å². The number of benzene rings is 1. The quantitative estimate of drug-likeness (QED) is 0.760. The van der Waals surface area contributed by atoms with Crippen molar-refractivity contribution < 1.29 is 14.4 Å². The zero-order valence-electron chi connectivity index (χ0n) is 15.4. The Labute approximate surface area is 159 Å². The van der Waals surface area contributed by atoms with E-state index in [1.807, 2.05) is 6.92 Å². The Hall–Kier alpha value is -2.28. The van der Waals surface area contributed by atoms with Gasteiger partial charge in [0, 0.05) is 31.4 Å². The van der Waals surface area contributed by atoms with Gasteiger partial charge < -0.3 is 14.7 Å². The topological polar surface area (TPSA) is 64.2 Å². The number of urea groups is 1. The monoisotopic (exact) mass is 380 g/mol. The number of anilines is 1. The summed E-state index contributed by atoms with van der Waals surface area (Å²) < 4.78 is 0. The van der Waals surface area contributed by atoms with Crippen LogP contribution >= 0.6 is 11.6 Å². The van der Waals surface area contributed by atoms with Crippen molar-refractivity contribution >= 4 is 35.1 Å². The van der Waals surface area contributed by atoms with Crippen LogP contribution in [-0.2, 0) is 9.59 Å². The van der Waals surface area contributed by atoms with E-state index in [1.54, 1.807) is 38.4 Å². The Morgan fingerprint density at radius 3 is 2.62 bits per heavy atom. The Kier molecular flexibility index (Phi) is 6.85. The fourth-order valence-corrected chi connectivity index (χ4v) is 2.91. The van der Waals surface area contributed by atoms with Crippen molar-refractivity contribution in [3.05, 3.63) is 29.3 Å². The van der Waals surface area contributed by atoms with Crippen molar-refractivity contribution in [3.8, 4) is 0 Å². The van der Waals surface area contributed by atoms with Crippen molar-refractivity contribution in [2.45, 2.75) is 19.8 Å². The van der Waals surface area contributed by atoms with Gasteiger partial charge in [0.1, 0.15) is 19.8 Å². The van der Waals surface area contributed by atoms with Gasteiger partial charge in [-0.2, -0.15) is 0 Å². The van der Waals surface area contributed by atoms with Crippen LogP contribution in [0, 0.1) is 0 Å². The van der Waals surface area contributed by atoms with E-state index in [1.165, 1.54) is 19.6 Å². The van der Waals surface area contributed by atoms with Crippen LogP contribution in [0.25, 0.3) is 0 Å². The summed E-state index contributed by atoms with van der Waals surface area (Å²) in [5, 5.41) is 0.530. The zero-order chi connectivity index (χ0) is 19.3.